The summed E-state index contributed by atoms with van der Waals surface area (Å²) in [5, 5.41) is 0. The third kappa shape index (κ3) is 2.20. The van der Waals surface area contributed by atoms with Crippen molar-refractivity contribution < 1.29 is 13.2 Å². The molecule has 1 aromatic rings. The SMILES string of the molecule is COc1ccc2c(c1)CCN(S(C)(=O)=O)C2. The van der Waals surface area contributed by atoms with Crippen LogP contribution in [0.1, 0.15) is 11.1 Å². The Morgan fingerprint density at radius 3 is 2.69 bits per heavy atom. The normalized spacial score (nSPS) is 16.9. The highest BCUT2D eigenvalue weighted by Crippen LogP contribution is 2.24. The zero-order valence-electron chi connectivity index (χ0n) is 9.43. The van der Waals surface area contributed by atoms with Crippen LogP contribution in [0.3, 0.4) is 0 Å². The number of hydrogen-bond donors (Lipinski definition) is 0. The van der Waals surface area contributed by atoms with Crippen LogP contribution in [-0.2, 0) is 23.0 Å². The van der Waals surface area contributed by atoms with Crippen molar-refractivity contribution in [2.24, 2.45) is 0 Å². The largest absolute Gasteiger partial charge is 0.497 e. The lowest BCUT2D eigenvalue weighted by atomic mass is 10.0. The number of rotatable bonds is 2. The fourth-order valence-electron chi connectivity index (χ4n) is 1.91. The second-order valence-corrected chi connectivity index (χ2v) is 5.96. The van der Waals surface area contributed by atoms with Crippen LogP contribution in [0.15, 0.2) is 18.2 Å². The molecule has 0 aliphatic carbocycles. The molecule has 0 fully saturated rings. The van der Waals surface area contributed by atoms with Crippen LogP contribution in [0.4, 0.5) is 0 Å². The topological polar surface area (TPSA) is 46.6 Å². The van der Waals surface area contributed by atoms with Crippen LogP contribution < -0.4 is 4.74 Å². The predicted molar refractivity (Wildman–Crippen MR) is 62.0 cm³/mol. The first-order valence-electron chi connectivity index (χ1n) is 5.11. The minimum absolute atomic E-state index is 0.470. The van der Waals surface area contributed by atoms with E-state index < -0.39 is 10.0 Å². The highest BCUT2D eigenvalue weighted by molar-refractivity contribution is 7.88. The summed E-state index contributed by atoms with van der Waals surface area (Å²) in [5.41, 5.74) is 2.25. The van der Waals surface area contributed by atoms with Crippen molar-refractivity contribution in [1.29, 1.82) is 0 Å². The van der Waals surface area contributed by atoms with E-state index in [1.807, 2.05) is 18.2 Å². The van der Waals surface area contributed by atoms with Crippen molar-refractivity contribution in [2.45, 2.75) is 13.0 Å². The quantitative estimate of drug-likeness (QED) is 0.776. The van der Waals surface area contributed by atoms with E-state index in [2.05, 4.69) is 0 Å². The molecule has 1 heterocycles. The molecule has 4 nitrogen and oxygen atoms in total. The maximum Gasteiger partial charge on any atom is 0.211 e. The van der Waals surface area contributed by atoms with Gasteiger partial charge in [-0.05, 0) is 29.7 Å². The second kappa shape index (κ2) is 4.07. The summed E-state index contributed by atoms with van der Waals surface area (Å²) in [6.45, 7) is 1.02. The maximum absolute atomic E-state index is 11.4. The Balaban J connectivity index is 2.29. The lowest BCUT2D eigenvalue weighted by Gasteiger charge is -2.26. The number of fused-ring (bicyclic) bond motifs is 1. The molecule has 5 heteroatoms. The van der Waals surface area contributed by atoms with Gasteiger partial charge in [-0.2, -0.15) is 4.31 Å². The molecule has 0 saturated heterocycles. The Kier molecular flexibility index (Phi) is 2.90. The zero-order chi connectivity index (χ0) is 11.8. The van der Waals surface area contributed by atoms with Crippen LogP contribution in [0.2, 0.25) is 0 Å². The molecule has 0 aromatic heterocycles. The molecule has 0 unspecified atom stereocenters. The monoisotopic (exact) mass is 241 g/mol. The first-order chi connectivity index (χ1) is 7.50. The van der Waals surface area contributed by atoms with Crippen molar-refractivity contribution in [3.63, 3.8) is 0 Å². The van der Waals surface area contributed by atoms with Gasteiger partial charge in [-0.3, -0.25) is 0 Å². The molecule has 0 amide bonds. The van der Waals surface area contributed by atoms with Crippen LogP contribution in [0.5, 0.6) is 5.75 Å². The summed E-state index contributed by atoms with van der Waals surface area (Å²) in [6.07, 6.45) is 2.00. The van der Waals surface area contributed by atoms with Gasteiger partial charge in [0.25, 0.3) is 0 Å². The molecule has 1 aliphatic heterocycles. The molecule has 0 N–H and O–H groups in total. The van der Waals surface area contributed by atoms with Crippen LogP contribution in [-0.4, -0.2) is 32.6 Å². The molecule has 88 valence electrons. The first kappa shape index (κ1) is 11.4. The van der Waals surface area contributed by atoms with Gasteiger partial charge >= 0.3 is 0 Å². The molecular formula is C11H15NO3S. The second-order valence-electron chi connectivity index (χ2n) is 3.98. The number of sulfonamides is 1. The minimum Gasteiger partial charge on any atom is -0.497 e. The Hall–Kier alpha value is -1.07. The highest BCUT2D eigenvalue weighted by Gasteiger charge is 2.22. The lowest BCUT2D eigenvalue weighted by Crippen LogP contribution is -2.35. The molecule has 0 atom stereocenters. The molecule has 1 aromatic carbocycles. The van der Waals surface area contributed by atoms with Crippen molar-refractivity contribution in [3.05, 3.63) is 29.3 Å². The summed E-state index contributed by atoms with van der Waals surface area (Å²) >= 11 is 0. The van der Waals surface area contributed by atoms with Gasteiger partial charge in [-0.25, -0.2) is 8.42 Å². The van der Waals surface area contributed by atoms with Crippen molar-refractivity contribution >= 4 is 10.0 Å². The van der Waals surface area contributed by atoms with Gasteiger partial charge in [0.05, 0.1) is 13.4 Å². The van der Waals surface area contributed by atoms with Gasteiger partial charge in [0.2, 0.25) is 10.0 Å². The van der Waals surface area contributed by atoms with Gasteiger partial charge in [-0.15, -0.1) is 0 Å². The number of hydrogen-bond acceptors (Lipinski definition) is 3. The van der Waals surface area contributed by atoms with E-state index in [-0.39, 0.29) is 0 Å². The van der Waals surface area contributed by atoms with Crippen LogP contribution in [0.25, 0.3) is 0 Å². The van der Waals surface area contributed by atoms with E-state index in [0.717, 1.165) is 17.7 Å². The smallest absolute Gasteiger partial charge is 0.211 e. The van der Waals surface area contributed by atoms with E-state index in [1.165, 1.54) is 16.1 Å². The number of methoxy groups -OCH3 is 1. The molecule has 0 bridgehead atoms. The molecular weight excluding hydrogens is 226 g/mol. The molecule has 16 heavy (non-hydrogen) atoms. The average Bonchev–Trinajstić information content (AvgIpc) is 2.26. The fourth-order valence-corrected chi connectivity index (χ4v) is 2.71. The summed E-state index contributed by atoms with van der Waals surface area (Å²) < 4.78 is 29.5. The van der Waals surface area contributed by atoms with Gasteiger partial charge in [-0.1, -0.05) is 6.07 Å². The van der Waals surface area contributed by atoms with Crippen molar-refractivity contribution in [2.75, 3.05) is 19.9 Å². The van der Waals surface area contributed by atoms with Crippen LogP contribution >= 0.6 is 0 Å². The Morgan fingerprint density at radius 1 is 1.31 bits per heavy atom. The molecule has 0 saturated carbocycles. The average molecular weight is 241 g/mol. The Morgan fingerprint density at radius 2 is 2.06 bits per heavy atom. The van der Waals surface area contributed by atoms with Crippen molar-refractivity contribution in [1.82, 2.24) is 4.31 Å². The lowest BCUT2D eigenvalue weighted by molar-refractivity contribution is 0.389. The number of nitrogens with zero attached hydrogens (tertiary/aromatic N) is 1. The molecule has 2 rings (SSSR count). The minimum atomic E-state index is -3.08. The fraction of sp³-hybridized carbons (Fsp3) is 0.455. The van der Waals surface area contributed by atoms with Gasteiger partial charge in [0, 0.05) is 13.1 Å². The number of ether oxygens (including phenoxy) is 1. The third-order valence-corrected chi connectivity index (χ3v) is 4.11. The van der Waals surface area contributed by atoms with Crippen LogP contribution in [0, 0.1) is 0 Å². The summed E-state index contributed by atoms with van der Waals surface area (Å²) in [4.78, 5) is 0. The summed E-state index contributed by atoms with van der Waals surface area (Å²) in [7, 11) is -1.45. The highest BCUT2D eigenvalue weighted by atomic mass is 32.2. The predicted octanol–water partition coefficient (Wildman–Crippen LogP) is 1.01. The number of benzene rings is 1. The van der Waals surface area contributed by atoms with E-state index in [9.17, 15) is 8.42 Å². The molecule has 0 radical (unpaired) electrons. The standard InChI is InChI=1S/C11H15NO3S/c1-15-11-4-3-10-8-12(16(2,13)14)6-5-9(10)7-11/h3-4,7H,5-6,8H2,1-2H3. The first-order valence-corrected chi connectivity index (χ1v) is 6.96. The zero-order valence-corrected chi connectivity index (χ0v) is 10.3. The summed E-state index contributed by atoms with van der Waals surface area (Å²) in [5.74, 6) is 0.826. The Bertz CT molecular complexity index is 496. The van der Waals surface area contributed by atoms with E-state index in [0.29, 0.717) is 13.1 Å². The Labute approximate surface area is 95.9 Å². The summed E-state index contributed by atoms with van der Waals surface area (Å²) in [6, 6.07) is 5.78. The van der Waals surface area contributed by atoms with E-state index in [4.69, 9.17) is 4.74 Å². The van der Waals surface area contributed by atoms with E-state index >= 15 is 0 Å². The van der Waals surface area contributed by atoms with E-state index in [1.54, 1.807) is 7.11 Å². The third-order valence-electron chi connectivity index (χ3n) is 2.86. The van der Waals surface area contributed by atoms with Gasteiger partial charge in [0.1, 0.15) is 5.75 Å². The van der Waals surface area contributed by atoms with Crippen molar-refractivity contribution in [3.8, 4) is 5.75 Å². The van der Waals surface area contributed by atoms with Gasteiger partial charge in [0.15, 0.2) is 0 Å². The van der Waals surface area contributed by atoms with Gasteiger partial charge < -0.3 is 4.74 Å². The maximum atomic E-state index is 11.4. The molecule has 1 aliphatic rings. The molecule has 0 spiro atoms.